The van der Waals surface area contributed by atoms with Gasteiger partial charge >= 0.3 is 88.7 Å². The van der Waals surface area contributed by atoms with Crippen LogP contribution in [0.4, 0.5) is 17.1 Å². The smallest absolute Gasteiger partial charge is 0.744 e. The van der Waals surface area contributed by atoms with Crippen LogP contribution in [0.3, 0.4) is 0 Å². The summed E-state index contributed by atoms with van der Waals surface area (Å²) in [7, 11) is -15.0. The molecule has 0 atom stereocenters. The van der Waals surface area contributed by atoms with Gasteiger partial charge in [0, 0.05) is 16.7 Å². The van der Waals surface area contributed by atoms with E-state index < -0.39 is 114 Å². The van der Waals surface area contributed by atoms with Crippen molar-refractivity contribution in [1.29, 1.82) is 0 Å². The zero-order chi connectivity index (χ0) is 35.8. The number of anilines is 3. The van der Waals surface area contributed by atoms with Gasteiger partial charge in [-0.15, -0.1) is 0 Å². The van der Waals surface area contributed by atoms with Gasteiger partial charge in [-0.05, 0) is 72.8 Å². The van der Waals surface area contributed by atoms with Crippen LogP contribution in [0, 0.1) is 0 Å². The number of benzene rings is 4. The number of aromatic hydroxyl groups is 3. The maximum Gasteiger partial charge on any atom is 1.00 e. The van der Waals surface area contributed by atoms with Crippen molar-refractivity contribution in [3.8, 4) is 17.2 Å². The summed E-state index contributed by atoms with van der Waals surface area (Å²) in [6.07, 6.45) is 0. The minimum absolute atomic E-state index is 0. The van der Waals surface area contributed by atoms with E-state index in [9.17, 15) is 68.6 Å². The second-order valence-electron chi connectivity index (χ2n) is 9.56. The van der Waals surface area contributed by atoms with E-state index >= 15 is 0 Å². The van der Waals surface area contributed by atoms with Crippen molar-refractivity contribution in [3.05, 3.63) is 89.5 Å². The first kappa shape index (κ1) is 46.4. The molecular formula is C27H18N3Na3O15S3. The van der Waals surface area contributed by atoms with Crippen molar-refractivity contribution < 1.29 is 157 Å². The Morgan fingerprint density at radius 2 is 0.725 bits per heavy atom. The van der Waals surface area contributed by atoms with Gasteiger partial charge in [-0.1, -0.05) is 0 Å². The summed E-state index contributed by atoms with van der Waals surface area (Å²) in [4.78, 5) is 37.1. The van der Waals surface area contributed by atoms with E-state index in [0.29, 0.717) is 18.2 Å². The van der Waals surface area contributed by atoms with Crippen LogP contribution >= 0.6 is 0 Å². The van der Waals surface area contributed by atoms with Gasteiger partial charge in [-0.2, -0.15) is 0 Å². The van der Waals surface area contributed by atoms with Crippen molar-refractivity contribution in [2.24, 2.45) is 0 Å². The topological polar surface area (TPSA) is 320 Å². The van der Waals surface area contributed by atoms with Crippen molar-refractivity contribution in [1.82, 2.24) is 0 Å². The number of carbonyl (C=O) groups is 3. The molecule has 3 amide bonds. The fourth-order valence-electron chi connectivity index (χ4n) is 3.92. The number of nitrogens with one attached hydrogen (secondary N) is 3. The van der Waals surface area contributed by atoms with E-state index in [0.717, 1.165) is 54.6 Å². The van der Waals surface area contributed by atoms with E-state index in [1.807, 2.05) is 0 Å². The molecule has 0 saturated heterocycles. The molecule has 0 radical (unpaired) electrons. The number of phenolic OH excluding ortho intramolecular Hbond substituents is 3. The Bertz CT molecular complexity index is 2240. The molecule has 0 spiro atoms. The minimum atomic E-state index is -5.03. The van der Waals surface area contributed by atoms with Crippen molar-refractivity contribution in [2.75, 3.05) is 16.0 Å². The maximum atomic E-state index is 13.2. The van der Waals surface area contributed by atoms with Gasteiger partial charge in [0.1, 0.15) is 47.6 Å². The molecule has 24 heteroatoms. The number of phenols is 3. The van der Waals surface area contributed by atoms with Gasteiger partial charge < -0.3 is 44.9 Å². The second-order valence-corrected chi connectivity index (χ2v) is 13.7. The predicted octanol–water partition coefficient (Wildman–Crippen LogP) is -7.72. The number of hydrogen-bond donors (Lipinski definition) is 6. The van der Waals surface area contributed by atoms with Crippen LogP contribution in [0.5, 0.6) is 17.2 Å². The van der Waals surface area contributed by atoms with Crippen LogP contribution in [0.1, 0.15) is 31.1 Å². The largest absolute Gasteiger partial charge is 1.00 e. The summed E-state index contributed by atoms with van der Waals surface area (Å²) in [5.74, 6) is -5.80. The first-order chi connectivity index (χ1) is 22.1. The molecule has 0 fully saturated rings. The quantitative estimate of drug-likeness (QED) is 0.0521. The van der Waals surface area contributed by atoms with Crippen LogP contribution in [-0.2, 0) is 30.4 Å². The third-order valence-corrected chi connectivity index (χ3v) is 8.73. The van der Waals surface area contributed by atoms with Crippen molar-refractivity contribution >= 4 is 65.1 Å². The first-order valence-corrected chi connectivity index (χ1v) is 16.8. The normalized spacial score (nSPS) is 11.1. The molecular weight excluding hydrogens is 771 g/mol. The van der Waals surface area contributed by atoms with Gasteiger partial charge in [0.2, 0.25) is 0 Å². The molecule has 0 unspecified atom stereocenters. The van der Waals surface area contributed by atoms with E-state index in [-0.39, 0.29) is 88.7 Å². The van der Waals surface area contributed by atoms with Gasteiger partial charge in [-0.3, -0.25) is 14.4 Å². The van der Waals surface area contributed by atoms with Gasteiger partial charge in [0.05, 0.1) is 31.7 Å². The average molecular weight is 790 g/mol. The summed E-state index contributed by atoms with van der Waals surface area (Å²) in [6.45, 7) is 0. The monoisotopic (exact) mass is 789 g/mol. The standard InChI is InChI=1S/C27H21N3O15S3.3Na/c31-22-6-3-16(46(37,38)39)10-21(22)30-27(36)15-8-13(25(34)28-19-4-1-17(11-23(19)32)47(40,41)42)7-14(9-15)26(35)29-20-5-2-18(12-24(20)33)48(43,44)45;;;/h1-12,31-33H,(H,28,34)(H,29,35)(H,30,36)(H,37,38,39)(H,40,41,42)(H,43,44,45);;;/q;3*+1/p-3. The zero-order valence-corrected chi connectivity index (χ0v) is 34.8. The maximum absolute atomic E-state index is 13.2. The third-order valence-electron chi connectivity index (χ3n) is 6.24. The first-order valence-electron chi connectivity index (χ1n) is 12.6. The number of hydrogen-bond acceptors (Lipinski definition) is 15. The molecule has 0 aliphatic rings. The van der Waals surface area contributed by atoms with Crippen LogP contribution in [0.25, 0.3) is 0 Å². The zero-order valence-electron chi connectivity index (χ0n) is 26.4. The molecule has 4 aromatic carbocycles. The SMILES string of the molecule is O=C(Nc1ccc(S(=O)(=O)[O-])cc1O)c1cc(C(=O)Nc2ccc(S(=O)(=O)[O-])cc2O)cc(C(=O)Nc2cc(S(=O)(=O)[O-])ccc2O)c1.[Na+].[Na+].[Na+]. The summed E-state index contributed by atoms with van der Waals surface area (Å²) >= 11 is 0. The number of amides is 3. The Hall–Kier alpha value is -2.58. The molecule has 252 valence electrons. The van der Waals surface area contributed by atoms with E-state index in [1.165, 1.54) is 0 Å². The molecule has 4 aromatic rings. The van der Waals surface area contributed by atoms with E-state index in [2.05, 4.69) is 16.0 Å². The van der Waals surface area contributed by atoms with E-state index in [4.69, 9.17) is 0 Å². The molecule has 51 heavy (non-hydrogen) atoms. The third kappa shape index (κ3) is 12.0. The minimum Gasteiger partial charge on any atom is -0.744 e. The van der Waals surface area contributed by atoms with Gasteiger partial charge in [-0.25, -0.2) is 25.3 Å². The van der Waals surface area contributed by atoms with Crippen LogP contribution < -0.4 is 105 Å². The molecule has 0 aliphatic heterocycles. The van der Waals surface area contributed by atoms with Crippen molar-refractivity contribution in [2.45, 2.75) is 14.7 Å². The molecule has 0 aromatic heterocycles. The summed E-state index contributed by atoms with van der Waals surface area (Å²) in [5.41, 5.74) is -2.85. The molecule has 6 N–H and O–H groups in total. The molecule has 4 rings (SSSR count). The average Bonchev–Trinajstić information content (AvgIpc) is 2.98. The Labute approximate surface area is 355 Å². The van der Waals surface area contributed by atoms with Crippen molar-refractivity contribution in [3.63, 3.8) is 0 Å². The Morgan fingerprint density at radius 3 is 1.04 bits per heavy atom. The number of rotatable bonds is 9. The second kappa shape index (κ2) is 18.0. The fourth-order valence-corrected chi connectivity index (χ4v) is 5.40. The summed E-state index contributed by atoms with van der Waals surface area (Å²) in [6, 6.07) is 9.31. The summed E-state index contributed by atoms with van der Waals surface area (Å²) < 4.78 is 102. The molecule has 0 saturated carbocycles. The van der Waals surface area contributed by atoms with Crippen LogP contribution in [-0.4, -0.2) is 72.0 Å². The Kier molecular flexibility index (Phi) is 16.4. The van der Waals surface area contributed by atoms with Crippen LogP contribution in [0.15, 0.2) is 87.5 Å². The van der Waals surface area contributed by atoms with Gasteiger partial charge in [0.15, 0.2) is 0 Å². The summed E-state index contributed by atoms with van der Waals surface area (Å²) in [5, 5.41) is 36.9. The molecule has 0 heterocycles. The fraction of sp³-hybridized carbons (Fsp3) is 0. The molecule has 0 bridgehead atoms. The van der Waals surface area contributed by atoms with E-state index in [1.54, 1.807) is 0 Å². The number of carbonyl (C=O) groups excluding carboxylic acids is 3. The van der Waals surface area contributed by atoms with Gasteiger partial charge in [0.25, 0.3) is 17.7 Å². The Balaban J connectivity index is 0.00000433. The molecule has 0 aliphatic carbocycles. The predicted molar refractivity (Wildman–Crippen MR) is 159 cm³/mol. The molecule has 18 nitrogen and oxygen atoms in total. The van der Waals surface area contributed by atoms with Crippen LogP contribution in [0.2, 0.25) is 0 Å². The Morgan fingerprint density at radius 1 is 0.431 bits per heavy atom.